The van der Waals surface area contributed by atoms with Gasteiger partial charge in [0.2, 0.25) is 17.7 Å². The van der Waals surface area contributed by atoms with Gasteiger partial charge in [0, 0.05) is 25.9 Å². The zero-order chi connectivity index (χ0) is 26.7. The summed E-state index contributed by atoms with van der Waals surface area (Å²) in [7, 11) is 0. The Morgan fingerprint density at radius 3 is 2.14 bits per heavy atom. The van der Waals surface area contributed by atoms with Crippen LogP contribution >= 0.6 is 0 Å². The van der Waals surface area contributed by atoms with Crippen LogP contribution in [-0.2, 0) is 25.6 Å². The lowest BCUT2D eigenvalue weighted by molar-refractivity contribution is -0.149. The number of carbonyl (C=O) groups is 4. The first-order valence-electron chi connectivity index (χ1n) is 11.6. The lowest BCUT2D eigenvalue weighted by Gasteiger charge is -2.32. The summed E-state index contributed by atoms with van der Waals surface area (Å²) in [6, 6.07) is 1.10. The van der Waals surface area contributed by atoms with Gasteiger partial charge in [0.05, 0.1) is 24.4 Å². The Labute approximate surface area is 207 Å². The number of amides is 3. The molecule has 7 atom stereocenters. The van der Waals surface area contributed by atoms with E-state index in [2.05, 4.69) is 5.32 Å². The Kier molecular flexibility index (Phi) is 8.51. The summed E-state index contributed by atoms with van der Waals surface area (Å²) in [5.41, 5.74) is 6.78. The molecule has 3 amide bonds. The molecule has 13 heteroatoms. The number of phenols is 1. The number of β-amino-alcohol motifs (C(OH)–C–C–N with tert-alkyl or cyclic N) is 2. The average Bonchev–Trinajstić information content (AvgIpc) is 3.40. The highest BCUT2D eigenvalue weighted by atomic mass is 16.4. The van der Waals surface area contributed by atoms with Crippen LogP contribution in [0.3, 0.4) is 0 Å². The van der Waals surface area contributed by atoms with E-state index in [0.29, 0.717) is 5.56 Å². The molecule has 2 saturated heterocycles. The summed E-state index contributed by atoms with van der Waals surface area (Å²) in [6.45, 7) is 0.822. The van der Waals surface area contributed by atoms with E-state index in [0.717, 1.165) is 9.80 Å². The first-order chi connectivity index (χ1) is 16.9. The molecule has 3 rings (SSSR count). The zero-order valence-electron chi connectivity index (χ0n) is 19.7. The summed E-state index contributed by atoms with van der Waals surface area (Å²) in [5.74, 6) is -3.54. The molecule has 1 aromatic carbocycles. The Balaban J connectivity index is 1.74. The van der Waals surface area contributed by atoms with E-state index in [1.807, 2.05) is 0 Å². The van der Waals surface area contributed by atoms with Crippen molar-refractivity contribution in [3.05, 3.63) is 29.8 Å². The second kappa shape index (κ2) is 11.2. The second-order valence-corrected chi connectivity index (χ2v) is 9.33. The molecule has 2 heterocycles. The highest BCUT2D eigenvalue weighted by Gasteiger charge is 2.47. The Morgan fingerprint density at radius 2 is 1.58 bits per heavy atom. The molecule has 0 radical (unpaired) electrons. The number of aliphatic carboxylic acids is 1. The lowest BCUT2D eigenvalue weighted by Crippen LogP contribution is -2.57. The molecule has 13 nitrogen and oxygen atoms in total. The van der Waals surface area contributed by atoms with Gasteiger partial charge in [0.1, 0.15) is 17.8 Å². The number of aromatic hydroxyl groups is 1. The van der Waals surface area contributed by atoms with Crippen LogP contribution in [0.4, 0.5) is 0 Å². The standard InChI is InChI=1S/C23H32N4O9/c1-11(28)19(23(35)36)25-20(32)17-7-14(30)9-26(17)22(34)18-8-15(31)10-27(18)21(33)16(24)6-12-2-4-13(29)5-3-12/h2-5,11,14-19,28-31H,6-10,24H2,1H3,(H,25,32)(H,35,36)/t11-,14-,15-,16+,17+,18+,19+/m1/s1. The van der Waals surface area contributed by atoms with Crippen molar-refractivity contribution >= 4 is 23.7 Å². The quantitative estimate of drug-likeness (QED) is 0.191. The molecule has 198 valence electrons. The Hall–Kier alpha value is -3.26. The summed E-state index contributed by atoms with van der Waals surface area (Å²) in [5, 5.41) is 50.9. The van der Waals surface area contributed by atoms with Crippen molar-refractivity contribution in [2.24, 2.45) is 5.73 Å². The lowest BCUT2D eigenvalue weighted by atomic mass is 10.0. The number of phenolic OH excluding ortho intramolecular Hbond substituents is 1. The normalized spacial score (nSPS) is 26.4. The molecule has 0 aromatic heterocycles. The van der Waals surface area contributed by atoms with Crippen LogP contribution < -0.4 is 11.1 Å². The van der Waals surface area contributed by atoms with Crippen LogP contribution in [-0.4, -0.2) is 115 Å². The van der Waals surface area contributed by atoms with Crippen molar-refractivity contribution in [1.29, 1.82) is 0 Å². The fourth-order valence-corrected chi connectivity index (χ4v) is 4.61. The van der Waals surface area contributed by atoms with Crippen molar-refractivity contribution in [3.63, 3.8) is 0 Å². The number of nitrogens with one attached hydrogen (secondary N) is 1. The van der Waals surface area contributed by atoms with Gasteiger partial charge in [-0.05, 0) is 31.0 Å². The third-order valence-corrected chi connectivity index (χ3v) is 6.47. The molecule has 0 bridgehead atoms. The van der Waals surface area contributed by atoms with Crippen molar-refractivity contribution < 1.29 is 44.7 Å². The van der Waals surface area contributed by atoms with Crippen molar-refractivity contribution in [1.82, 2.24) is 15.1 Å². The van der Waals surface area contributed by atoms with Crippen molar-refractivity contribution in [2.45, 2.75) is 68.7 Å². The van der Waals surface area contributed by atoms with E-state index in [1.165, 1.54) is 19.1 Å². The molecular formula is C23H32N4O9. The molecule has 0 aliphatic carbocycles. The largest absolute Gasteiger partial charge is 0.508 e. The number of nitrogens with two attached hydrogens (primary N) is 1. The van der Waals surface area contributed by atoms with Gasteiger partial charge in [-0.3, -0.25) is 14.4 Å². The zero-order valence-corrected chi connectivity index (χ0v) is 19.7. The van der Waals surface area contributed by atoms with E-state index in [9.17, 15) is 44.7 Å². The maximum absolute atomic E-state index is 13.4. The fraction of sp³-hybridized carbons (Fsp3) is 0.565. The van der Waals surface area contributed by atoms with Gasteiger partial charge in [0.25, 0.3) is 0 Å². The van der Waals surface area contributed by atoms with Crippen molar-refractivity contribution in [2.75, 3.05) is 13.1 Å². The Morgan fingerprint density at radius 1 is 1.03 bits per heavy atom. The number of benzene rings is 1. The van der Waals surface area contributed by atoms with E-state index >= 15 is 0 Å². The third kappa shape index (κ3) is 6.10. The third-order valence-electron chi connectivity index (χ3n) is 6.47. The molecule has 0 spiro atoms. The monoisotopic (exact) mass is 508 g/mol. The number of aliphatic hydroxyl groups excluding tert-OH is 3. The highest BCUT2D eigenvalue weighted by molar-refractivity contribution is 5.95. The number of nitrogens with zero attached hydrogens (tertiary/aromatic N) is 2. The summed E-state index contributed by atoms with van der Waals surface area (Å²) >= 11 is 0. The predicted molar refractivity (Wildman–Crippen MR) is 123 cm³/mol. The van der Waals surface area contributed by atoms with Gasteiger partial charge < -0.3 is 46.4 Å². The number of carboxylic acids is 1. The number of aliphatic hydroxyl groups is 3. The number of carboxylic acid groups (broad SMARTS) is 1. The number of hydrogen-bond donors (Lipinski definition) is 7. The van der Waals surface area contributed by atoms with Gasteiger partial charge in [-0.25, -0.2) is 4.79 Å². The number of rotatable bonds is 8. The second-order valence-electron chi connectivity index (χ2n) is 9.33. The van der Waals surface area contributed by atoms with Crippen LogP contribution in [0.2, 0.25) is 0 Å². The molecule has 8 N–H and O–H groups in total. The highest BCUT2D eigenvalue weighted by Crippen LogP contribution is 2.26. The first-order valence-corrected chi connectivity index (χ1v) is 11.6. The van der Waals surface area contributed by atoms with E-state index < -0.39 is 66.2 Å². The molecule has 0 unspecified atom stereocenters. The Bertz CT molecular complexity index is 986. The van der Waals surface area contributed by atoms with Gasteiger partial charge in [-0.2, -0.15) is 0 Å². The van der Waals surface area contributed by atoms with Crippen LogP contribution in [0, 0.1) is 0 Å². The van der Waals surface area contributed by atoms with E-state index in [1.54, 1.807) is 12.1 Å². The maximum Gasteiger partial charge on any atom is 0.328 e. The molecule has 2 fully saturated rings. The van der Waals surface area contributed by atoms with Gasteiger partial charge in [-0.15, -0.1) is 0 Å². The van der Waals surface area contributed by atoms with E-state index in [-0.39, 0.29) is 38.1 Å². The molecule has 2 aliphatic rings. The van der Waals surface area contributed by atoms with Gasteiger partial charge in [-0.1, -0.05) is 12.1 Å². The molecule has 2 aliphatic heterocycles. The van der Waals surface area contributed by atoms with E-state index in [4.69, 9.17) is 5.73 Å². The minimum atomic E-state index is -1.61. The molecule has 36 heavy (non-hydrogen) atoms. The summed E-state index contributed by atoms with van der Waals surface area (Å²) in [4.78, 5) is 52.9. The molecule has 0 saturated carbocycles. The van der Waals surface area contributed by atoms with Gasteiger partial charge >= 0.3 is 5.97 Å². The SMILES string of the molecule is C[C@@H](O)[C@H](NC(=O)[C@@H]1C[C@@H](O)CN1C(=O)[C@@H]1C[C@@H](O)CN1C(=O)[C@@H](N)Cc1ccc(O)cc1)C(=O)O. The number of hydrogen-bond acceptors (Lipinski definition) is 9. The summed E-state index contributed by atoms with van der Waals surface area (Å²) < 4.78 is 0. The molecule has 1 aromatic rings. The minimum Gasteiger partial charge on any atom is -0.508 e. The van der Waals surface area contributed by atoms with Crippen LogP contribution in [0.5, 0.6) is 5.75 Å². The van der Waals surface area contributed by atoms with Gasteiger partial charge in [0.15, 0.2) is 6.04 Å². The number of carbonyl (C=O) groups excluding carboxylic acids is 3. The predicted octanol–water partition coefficient (Wildman–Crippen LogP) is -2.86. The van der Waals surface area contributed by atoms with Crippen LogP contribution in [0.25, 0.3) is 0 Å². The minimum absolute atomic E-state index is 0.0569. The summed E-state index contributed by atoms with van der Waals surface area (Å²) in [6.07, 6.45) is -3.61. The average molecular weight is 509 g/mol. The number of likely N-dealkylation sites (tertiary alicyclic amines) is 2. The molecular weight excluding hydrogens is 476 g/mol. The smallest absolute Gasteiger partial charge is 0.328 e. The van der Waals surface area contributed by atoms with Crippen molar-refractivity contribution in [3.8, 4) is 5.75 Å². The van der Waals surface area contributed by atoms with Crippen LogP contribution in [0.15, 0.2) is 24.3 Å². The fourth-order valence-electron chi connectivity index (χ4n) is 4.61. The maximum atomic E-state index is 13.4. The first kappa shape index (κ1) is 27.3. The van der Waals surface area contributed by atoms with Crippen LogP contribution in [0.1, 0.15) is 25.3 Å². The topological polar surface area (TPSA) is 214 Å².